The molecule has 4 nitrogen and oxygen atoms in total. The summed E-state index contributed by atoms with van der Waals surface area (Å²) in [5.74, 6) is 0.371. The molecule has 4 heteroatoms. The highest BCUT2D eigenvalue weighted by molar-refractivity contribution is 5.25. The van der Waals surface area contributed by atoms with E-state index in [2.05, 4.69) is 10.3 Å². The van der Waals surface area contributed by atoms with E-state index in [4.69, 9.17) is 5.26 Å². The van der Waals surface area contributed by atoms with Crippen LogP contribution in [-0.4, -0.2) is 22.7 Å². The second kappa shape index (κ2) is 6.48. The number of nitrogens with zero attached hydrogens (tertiary/aromatic N) is 2. The molecule has 0 aromatic carbocycles. The monoisotopic (exact) mass is 245 g/mol. The molecule has 1 saturated carbocycles. The van der Waals surface area contributed by atoms with E-state index in [1.54, 1.807) is 12.3 Å². The predicted octanol–water partition coefficient (Wildman–Crippen LogP) is 1.59. The first kappa shape index (κ1) is 13.0. The van der Waals surface area contributed by atoms with Gasteiger partial charge in [0.15, 0.2) is 0 Å². The number of aliphatic hydroxyl groups excluding tert-OH is 1. The molecule has 2 unspecified atom stereocenters. The van der Waals surface area contributed by atoms with Gasteiger partial charge in [-0.3, -0.25) is 0 Å². The molecule has 2 N–H and O–H groups in total. The summed E-state index contributed by atoms with van der Waals surface area (Å²) in [6, 6.07) is 5.74. The number of aliphatic hydroxyl groups is 1. The van der Waals surface area contributed by atoms with Crippen molar-refractivity contribution in [2.45, 2.75) is 38.3 Å². The Kier molecular flexibility index (Phi) is 4.68. The van der Waals surface area contributed by atoms with Crippen molar-refractivity contribution in [3.05, 3.63) is 29.6 Å². The minimum Gasteiger partial charge on any atom is -0.393 e. The largest absolute Gasteiger partial charge is 0.393 e. The van der Waals surface area contributed by atoms with Crippen LogP contribution in [0.3, 0.4) is 0 Å². The molecule has 1 aromatic heterocycles. The van der Waals surface area contributed by atoms with E-state index < -0.39 is 0 Å². The van der Waals surface area contributed by atoms with Crippen molar-refractivity contribution in [3.8, 4) is 6.07 Å². The van der Waals surface area contributed by atoms with Crippen molar-refractivity contribution in [2.75, 3.05) is 6.54 Å². The summed E-state index contributed by atoms with van der Waals surface area (Å²) in [4.78, 5) is 3.94. The Morgan fingerprint density at radius 2 is 2.28 bits per heavy atom. The number of nitrogens with one attached hydrogen (secondary N) is 1. The molecule has 0 amide bonds. The molecule has 2 atom stereocenters. The van der Waals surface area contributed by atoms with E-state index in [1.807, 2.05) is 12.1 Å². The van der Waals surface area contributed by atoms with Crippen LogP contribution in [0.15, 0.2) is 18.3 Å². The van der Waals surface area contributed by atoms with E-state index in [-0.39, 0.29) is 6.10 Å². The number of hydrogen-bond acceptors (Lipinski definition) is 4. The van der Waals surface area contributed by atoms with Crippen LogP contribution in [0.1, 0.15) is 36.9 Å². The molecule has 1 aromatic rings. The van der Waals surface area contributed by atoms with Gasteiger partial charge in [-0.05, 0) is 36.5 Å². The number of rotatable bonds is 4. The van der Waals surface area contributed by atoms with Gasteiger partial charge in [-0.1, -0.05) is 12.8 Å². The maximum atomic E-state index is 9.86. The summed E-state index contributed by atoms with van der Waals surface area (Å²) < 4.78 is 0. The third-order valence-electron chi connectivity index (χ3n) is 3.54. The lowest BCUT2D eigenvalue weighted by atomic mass is 9.86. The van der Waals surface area contributed by atoms with Crippen LogP contribution < -0.4 is 5.32 Å². The van der Waals surface area contributed by atoms with Gasteiger partial charge in [-0.2, -0.15) is 5.26 Å². The Morgan fingerprint density at radius 1 is 1.44 bits per heavy atom. The first-order valence-corrected chi connectivity index (χ1v) is 6.53. The Morgan fingerprint density at radius 3 is 3.06 bits per heavy atom. The highest BCUT2D eigenvalue weighted by Crippen LogP contribution is 2.23. The Hall–Kier alpha value is -1.44. The SMILES string of the molecule is N#Cc1cc(CNCC2CCCCC2O)ccn1. The molecule has 1 aliphatic carbocycles. The summed E-state index contributed by atoms with van der Waals surface area (Å²) in [6.07, 6.45) is 5.91. The first-order chi connectivity index (χ1) is 8.79. The summed E-state index contributed by atoms with van der Waals surface area (Å²) in [7, 11) is 0. The van der Waals surface area contributed by atoms with Crippen molar-refractivity contribution in [3.63, 3.8) is 0 Å². The molecule has 1 fully saturated rings. The summed E-state index contributed by atoms with van der Waals surface area (Å²) in [5, 5.41) is 22.0. The molecular weight excluding hydrogens is 226 g/mol. The van der Waals surface area contributed by atoms with E-state index in [9.17, 15) is 5.11 Å². The second-order valence-corrected chi connectivity index (χ2v) is 4.90. The Labute approximate surface area is 108 Å². The van der Waals surface area contributed by atoms with Gasteiger partial charge in [0, 0.05) is 19.3 Å². The maximum absolute atomic E-state index is 9.86. The lowest BCUT2D eigenvalue weighted by molar-refractivity contribution is 0.0695. The van der Waals surface area contributed by atoms with Gasteiger partial charge in [0.05, 0.1) is 6.10 Å². The molecule has 2 rings (SSSR count). The fourth-order valence-electron chi connectivity index (χ4n) is 2.47. The van der Waals surface area contributed by atoms with Crippen molar-refractivity contribution in [2.24, 2.45) is 5.92 Å². The zero-order valence-electron chi connectivity index (χ0n) is 10.5. The van der Waals surface area contributed by atoms with Crippen LogP contribution in [0.25, 0.3) is 0 Å². The standard InChI is InChI=1S/C14H19N3O/c15-8-13-7-11(5-6-17-13)9-16-10-12-3-1-2-4-14(12)18/h5-7,12,14,16,18H,1-4,9-10H2. The molecular formula is C14H19N3O. The lowest BCUT2D eigenvalue weighted by Crippen LogP contribution is -2.33. The van der Waals surface area contributed by atoms with Gasteiger partial charge in [0.2, 0.25) is 0 Å². The normalized spacial score (nSPS) is 23.6. The van der Waals surface area contributed by atoms with Crippen molar-refractivity contribution in [1.82, 2.24) is 10.3 Å². The number of nitriles is 1. The number of hydrogen-bond donors (Lipinski definition) is 2. The summed E-state index contributed by atoms with van der Waals surface area (Å²) in [6.45, 7) is 1.56. The summed E-state index contributed by atoms with van der Waals surface area (Å²) >= 11 is 0. The van der Waals surface area contributed by atoms with E-state index in [0.29, 0.717) is 11.6 Å². The van der Waals surface area contributed by atoms with Crippen LogP contribution >= 0.6 is 0 Å². The summed E-state index contributed by atoms with van der Waals surface area (Å²) in [5.41, 5.74) is 1.51. The quantitative estimate of drug-likeness (QED) is 0.845. The van der Waals surface area contributed by atoms with Crippen LogP contribution in [-0.2, 0) is 6.54 Å². The molecule has 1 heterocycles. The molecule has 0 saturated heterocycles. The molecule has 0 spiro atoms. The Bertz CT molecular complexity index is 427. The first-order valence-electron chi connectivity index (χ1n) is 6.53. The lowest BCUT2D eigenvalue weighted by Gasteiger charge is -2.27. The van der Waals surface area contributed by atoms with Crippen LogP contribution in [0.2, 0.25) is 0 Å². The van der Waals surface area contributed by atoms with Crippen LogP contribution in [0.4, 0.5) is 0 Å². The fraction of sp³-hybridized carbons (Fsp3) is 0.571. The van der Waals surface area contributed by atoms with Gasteiger partial charge in [0.25, 0.3) is 0 Å². The van der Waals surface area contributed by atoms with Crippen LogP contribution in [0.5, 0.6) is 0 Å². The zero-order chi connectivity index (χ0) is 12.8. The third-order valence-corrected chi connectivity index (χ3v) is 3.54. The fourth-order valence-corrected chi connectivity index (χ4v) is 2.47. The van der Waals surface area contributed by atoms with E-state index >= 15 is 0 Å². The topological polar surface area (TPSA) is 68.9 Å². The molecule has 0 aliphatic heterocycles. The van der Waals surface area contributed by atoms with Gasteiger partial charge in [0.1, 0.15) is 11.8 Å². The average molecular weight is 245 g/mol. The molecule has 0 bridgehead atoms. The van der Waals surface area contributed by atoms with E-state index in [0.717, 1.165) is 37.9 Å². The van der Waals surface area contributed by atoms with Gasteiger partial charge < -0.3 is 10.4 Å². The molecule has 0 radical (unpaired) electrons. The Balaban J connectivity index is 1.79. The molecule has 18 heavy (non-hydrogen) atoms. The van der Waals surface area contributed by atoms with Gasteiger partial charge in [-0.25, -0.2) is 4.98 Å². The highest BCUT2D eigenvalue weighted by atomic mass is 16.3. The van der Waals surface area contributed by atoms with Gasteiger partial charge >= 0.3 is 0 Å². The van der Waals surface area contributed by atoms with Gasteiger partial charge in [-0.15, -0.1) is 0 Å². The minimum atomic E-state index is -0.154. The molecule has 1 aliphatic rings. The molecule has 96 valence electrons. The smallest absolute Gasteiger partial charge is 0.140 e. The van der Waals surface area contributed by atoms with Crippen LogP contribution in [0, 0.1) is 17.2 Å². The number of pyridine rings is 1. The van der Waals surface area contributed by atoms with Crippen molar-refractivity contribution >= 4 is 0 Å². The maximum Gasteiger partial charge on any atom is 0.140 e. The van der Waals surface area contributed by atoms with E-state index in [1.165, 1.54) is 6.42 Å². The second-order valence-electron chi connectivity index (χ2n) is 4.90. The minimum absolute atomic E-state index is 0.154. The average Bonchev–Trinajstić information content (AvgIpc) is 2.41. The zero-order valence-corrected chi connectivity index (χ0v) is 10.5. The van der Waals surface area contributed by atoms with Crippen molar-refractivity contribution in [1.29, 1.82) is 5.26 Å². The highest BCUT2D eigenvalue weighted by Gasteiger charge is 2.22. The van der Waals surface area contributed by atoms with Crippen molar-refractivity contribution < 1.29 is 5.11 Å². The predicted molar refractivity (Wildman–Crippen MR) is 68.6 cm³/mol. The third kappa shape index (κ3) is 3.52. The number of aromatic nitrogens is 1.